The van der Waals surface area contributed by atoms with Gasteiger partial charge in [0.1, 0.15) is 11.5 Å². The number of pyridine rings is 2. The van der Waals surface area contributed by atoms with Gasteiger partial charge >= 0.3 is 0 Å². The summed E-state index contributed by atoms with van der Waals surface area (Å²) in [5, 5.41) is 0. The topological polar surface area (TPSA) is 35.0 Å². The average molecular weight is 566 g/mol. The van der Waals surface area contributed by atoms with E-state index in [0.29, 0.717) is 22.9 Å². The van der Waals surface area contributed by atoms with Gasteiger partial charge in [0.15, 0.2) is 0 Å². The summed E-state index contributed by atoms with van der Waals surface area (Å²) >= 11 is 0. The molecule has 17 heavy (non-hydrogen) atoms. The SMILES string of the molecule is [CH2-]c1ccc(Oc2ccc([CH2-])nc2)cn1.[W].[W]. The minimum absolute atomic E-state index is 0. The van der Waals surface area contributed by atoms with Crippen molar-refractivity contribution in [3.05, 3.63) is 61.9 Å². The Bertz CT molecular complexity index is 400. The molecule has 0 aromatic carbocycles. The fourth-order valence-electron chi connectivity index (χ4n) is 1.08. The van der Waals surface area contributed by atoms with Gasteiger partial charge in [-0.25, -0.2) is 13.8 Å². The molecular formula is C12H10N2OW2-2. The molecule has 2 rings (SSSR count). The van der Waals surface area contributed by atoms with Crippen LogP contribution < -0.4 is 4.74 Å². The fourth-order valence-corrected chi connectivity index (χ4v) is 1.08. The Balaban J connectivity index is 0.00000128. The van der Waals surface area contributed by atoms with E-state index in [4.69, 9.17) is 4.74 Å². The summed E-state index contributed by atoms with van der Waals surface area (Å²) in [5.74, 6) is 1.34. The molecule has 0 amide bonds. The van der Waals surface area contributed by atoms with E-state index in [-0.39, 0.29) is 42.1 Å². The van der Waals surface area contributed by atoms with E-state index in [2.05, 4.69) is 23.8 Å². The molecule has 0 aliphatic rings. The van der Waals surface area contributed by atoms with Crippen molar-refractivity contribution < 1.29 is 46.9 Å². The number of ether oxygens (including phenoxy) is 1. The molecule has 0 fully saturated rings. The van der Waals surface area contributed by atoms with Crippen molar-refractivity contribution in [1.82, 2.24) is 9.97 Å². The van der Waals surface area contributed by atoms with Crippen molar-refractivity contribution in [2.75, 3.05) is 0 Å². The third kappa shape index (κ3) is 4.93. The first-order chi connectivity index (χ1) is 7.24. The van der Waals surface area contributed by atoms with Crippen LogP contribution >= 0.6 is 0 Å². The predicted molar refractivity (Wildman–Crippen MR) is 57.5 cm³/mol. The molecule has 2 aromatic rings. The Kier molecular flexibility index (Phi) is 7.18. The standard InChI is InChI=1S/C12H10N2O.2W/c1-9-3-5-11(7-13-9)15-12-6-4-10(2)14-8-12;;/h3-8H,1-2H2;;/q-2;;. The smallest absolute Gasteiger partial charge is 0.128 e. The van der Waals surface area contributed by atoms with E-state index in [1.54, 1.807) is 24.5 Å². The Morgan fingerprint density at radius 1 is 0.765 bits per heavy atom. The van der Waals surface area contributed by atoms with Crippen molar-refractivity contribution in [1.29, 1.82) is 0 Å². The Morgan fingerprint density at radius 3 is 1.47 bits per heavy atom. The van der Waals surface area contributed by atoms with E-state index in [1.807, 2.05) is 12.1 Å². The molecule has 0 radical (unpaired) electrons. The summed E-state index contributed by atoms with van der Waals surface area (Å²) < 4.78 is 5.51. The molecule has 0 unspecified atom stereocenters. The zero-order chi connectivity index (χ0) is 10.7. The Morgan fingerprint density at radius 2 is 1.18 bits per heavy atom. The molecule has 0 N–H and O–H groups in total. The molecular weight excluding hydrogens is 556 g/mol. The van der Waals surface area contributed by atoms with Crippen LogP contribution in [0.15, 0.2) is 36.7 Å². The summed E-state index contributed by atoms with van der Waals surface area (Å²) in [5.41, 5.74) is 1.43. The van der Waals surface area contributed by atoms with Gasteiger partial charge in [0.25, 0.3) is 0 Å². The van der Waals surface area contributed by atoms with E-state index in [9.17, 15) is 0 Å². The van der Waals surface area contributed by atoms with Crippen molar-refractivity contribution >= 4 is 0 Å². The summed E-state index contributed by atoms with van der Waals surface area (Å²) in [7, 11) is 0. The molecule has 0 saturated carbocycles. The maximum atomic E-state index is 5.51. The van der Waals surface area contributed by atoms with E-state index in [0.717, 1.165) is 0 Å². The number of aromatic nitrogens is 2. The van der Waals surface area contributed by atoms with Gasteiger partial charge in [-0.3, -0.25) is 9.97 Å². The first-order valence-electron chi connectivity index (χ1n) is 4.48. The molecule has 0 saturated heterocycles. The van der Waals surface area contributed by atoms with Gasteiger partial charge in [0.2, 0.25) is 0 Å². The van der Waals surface area contributed by atoms with Crippen LogP contribution in [-0.2, 0) is 42.1 Å². The fraction of sp³-hybridized carbons (Fsp3) is 0. The summed E-state index contributed by atoms with van der Waals surface area (Å²) in [6.07, 6.45) is 3.25. The Labute approximate surface area is 130 Å². The molecule has 2 aromatic heterocycles. The molecule has 0 atom stereocenters. The third-order valence-corrected chi connectivity index (χ3v) is 1.83. The molecule has 0 aliphatic carbocycles. The Hall–Kier alpha value is -0.783. The van der Waals surface area contributed by atoms with Gasteiger partial charge in [-0.05, 0) is 0 Å². The van der Waals surface area contributed by atoms with Crippen LogP contribution in [0.4, 0.5) is 0 Å². The first-order valence-corrected chi connectivity index (χ1v) is 4.48. The van der Waals surface area contributed by atoms with E-state index in [1.165, 1.54) is 0 Å². The quantitative estimate of drug-likeness (QED) is 0.526. The van der Waals surface area contributed by atoms with Crippen LogP contribution in [-0.4, -0.2) is 9.97 Å². The number of hydrogen-bond donors (Lipinski definition) is 0. The van der Waals surface area contributed by atoms with Crippen LogP contribution in [0.5, 0.6) is 11.5 Å². The number of rotatable bonds is 2. The normalized spacial score (nSPS) is 8.71. The van der Waals surface area contributed by atoms with Crippen molar-refractivity contribution in [3.63, 3.8) is 0 Å². The molecule has 5 heteroatoms. The van der Waals surface area contributed by atoms with E-state index >= 15 is 0 Å². The van der Waals surface area contributed by atoms with Gasteiger partial charge in [-0.1, -0.05) is 12.1 Å². The van der Waals surface area contributed by atoms with Crippen LogP contribution in [0.3, 0.4) is 0 Å². The van der Waals surface area contributed by atoms with E-state index < -0.39 is 0 Å². The minimum atomic E-state index is 0. The maximum Gasteiger partial charge on any atom is 0.128 e. The molecule has 88 valence electrons. The molecule has 0 aliphatic heterocycles. The molecule has 2 heterocycles. The second-order valence-corrected chi connectivity index (χ2v) is 3.07. The van der Waals surface area contributed by atoms with Crippen LogP contribution in [0.1, 0.15) is 11.4 Å². The average Bonchev–Trinajstić information content (AvgIpc) is 2.25. The predicted octanol–water partition coefficient (Wildman–Crippen LogP) is 2.63. The zero-order valence-electron chi connectivity index (χ0n) is 9.00. The van der Waals surface area contributed by atoms with Crippen LogP contribution in [0.2, 0.25) is 0 Å². The van der Waals surface area contributed by atoms with Gasteiger partial charge < -0.3 is 4.74 Å². The number of hydrogen-bond acceptors (Lipinski definition) is 3. The summed E-state index contributed by atoms with van der Waals surface area (Å²) in [4.78, 5) is 8.05. The maximum absolute atomic E-state index is 5.51. The molecule has 0 bridgehead atoms. The van der Waals surface area contributed by atoms with Gasteiger partial charge in [-0.2, -0.15) is 12.1 Å². The minimum Gasteiger partial charge on any atom is -0.457 e. The third-order valence-electron chi connectivity index (χ3n) is 1.83. The van der Waals surface area contributed by atoms with Crippen molar-refractivity contribution in [2.45, 2.75) is 0 Å². The van der Waals surface area contributed by atoms with Crippen molar-refractivity contribution in [2.24, 2.45) is 0 Å². The first kappa shape index (κ1) is 16.2. The molecule has 0 spiro atoms. The van der Waals surface area contributed by atoms with Crippen molar-refractivity contribution in [3.8, 4) is 11.5 Å². The van der Waals surface area contributed by atoms with Gasteiger partial charge in [-0.15, -0.1) is 11.4 Å². The largest absolute Gasteiger partial charge is 0.457 e. The second-order valence-electron chi connectivity index (χ2n) is 3.07. The van der Waals surface area contributed by atoms with Crippen LogP contribution in [0.25, 0.3) is 0 Å². The summed E-state index contributed by atoms with van der Waals surface area (Å²) in [6, 6.07) is 7.21. The van der Waals surface area contributed by atoms with Gasteiger partial charge in [0, 0.05) is 42.1 Å². The monoisotopic (exact) mass is 566 g/mol. The zero-order valence-corrected chi connectivity index (χ0v) is 14.9. The summed E-state index contributed by atoms with van der Waals surface area (Å²) in [6.45, 7) is 7.39. The number of nitrogens with zero attached hydrogens (tertiary/aromatic N) is 2. The molecule has 3 nitrogen and oxygen atoms in total. The second kappa shape index (κ2) is 7.52. The van der Waals surface area contributed by atoms with Gasteiger partial charge in [0.05, 0.1) is 12.4 Å². The van der Waals surface area contributed by atoms with Crippen LogP contribution in [0, 0.1) is 13.8 Å².